The fourth-order valence-electron chi connectivity index (χ4n) is 2.74. The molecule has 1 atom stereocenters. The highest BCUT2D eigenvalue weighted by Gasteiger charge is 2.30. The van der Waals surface area contributed by atoms with E-state index in [1.165, 1.54) is 12.1 Å². The minimum atomic E-state index is -4.43. The lowest BCUT2D eigenvalue weighted by Gasteiger charge is -2.20. The summed E-state index contributed by atoms with van der Waals surface area (Å²) in [5, 5.41) is 5.93. The van der Waals surface area contributed by atoms with Gasteiger partial charge in [-0.05, 0) is 53.1 Å². The molecule has 2 N–H and O–H groups in total. The summed E-state index contributed by atoms with van der Waals surface area (Å²) in [5.74, 6) is -0.337. The molecule has 29 heavy (non-hydrogen) atoms. The summed E-state index contributed by atoms with van der Waals surface area (Å²) in [6.45, 7) is 0.645. The summed E-state index contributed by atoms with van der Waals surface area (Å²) in [7, 11) is 0. The molecule has 3 aromatic rings. The molecule has 8 heteroatoms. The molecule has 0 fully saturated rings. The van der Waals surface area contributed by atoms with Crippen molar-refractivity contribution in [1.82, 2.24) is 20.6 Å². The summed E-state index contributed by atoms with van der Waals surface area (Å²) >= 11 is 0. The molecule has 0 radical (unpaired) electrons. The summed E-state index contributed by atoms with van der Waals surface area (Å²) in [6, 6.07) is 10.9. The highest BCUT2D eigenvalue weighted by atomic mass is 19.4. The zero-order valence-corrected chi connectivity index (χ0v) is 15.4. The van der Waals surface area contributed by atoms with E-state index < -0.39 is 17.8 Å². The number of nitrogens with zero attached hydrogens (tertiary/aromatic N) is 2. The van der Waals surface area contributed by atoms with E-state index >= 15 is 0 Å². The van der Waals surface area contributed by atoms with Gasteiger partial charge in [0.2, 0.25) is 5.91 Å². The van der Waals surface area contributed by atoms with Crippen LogP contribution in [-0.4, -0.2) is 15.9 Å². The second-order valence-electron chi connectivity index (χ2n) is 6.36. The lowest BCUT2D eigenvalue weighted by atomic mass is 10.0. The van der Waals surface area contributed by atoms with E-state index in [1.54, 1.807) is 49.1 Å². The first kappa shape index (κ1) is 20.5. The Labute approximate surface area is 166 Å². The molecule has 0 aliphatic heterocycles. The molecule has 0 spiro atoms. The van der Waals surface area contributed by atoms with Crippen LogP contribution in [0.2, 0.25) is 0 Å². The molecule has 2 heterocycles. The van der Waals surface area contributed by atoms with Crippen molar-refractivity contribution in [2.24, 2.45) is 0 Å². The zero-order chi connectivity index (χ0) is 20.7. The van der Waals surface area contributed by atoms with Crippen LogP contribution in [0.15, 0.2) is 73.3 Å². The SMILES string of the molecule is O=C(NCc1ccncc1)C(NCc1ccncc1)c1ccc(C(F)(F)F)cc1. The van der Waals surface area contributed by atoms with Crippen molar-refractivity contribution in [1.29, 1.82) is 0 Å². The van der Waals surface area contributed by atoms with Crippen LogP contribution in [0.5, 0.6) is 0 Å². The van der Waals surface area contributed by atoms with Crippen molar-refractivity contribution in [3.05, 3.63) is 95.6 Å². The van der Waals surface area contributed by atoms with Gasteiger partial charge in [0.15, 0.2) is 0 Å². The van der Waals surface area contributed by atoms with Crippen molar-refractivity contribution in [3.8, 4) is 0 Å². The Hall–Kier alpha value is -3.26. The topological polar surface area (TPSA) is 66.9 Å². The molecule has 1 unspecified atom stereocenters. The summed E-state index contributed by atoms with van der Waals surface area (Å²) < 4.78 is 38.6. The minimum absolute atomic E-state index is 0.287. The molecule has 0 aliphatic rings. The molecule has 1 aromatic carbocycles. The maximum atomic E-state index is 12.9. The Morgan fingerprint density at radius 2 is 1.34 bits per heavy atom. The lowest BCUT2D eigenvalue weighted by Crippen LogP contribution is -2.37. The van der Waals surface area contributed by atoms with Gasteiger partial charge >= 0.3 is 6.18 Å². The number of halogens is 3. The van der Waals surface area contributed by atoms with Crippen molar-refractivity contribution in [3.63, 3.8) is 0 Å². The molecule has 0 saturated carbocycles. The highest BCUT2D eigenvalue weighted by Crippen LogP contribution is 2.30. The number of rotatable bonds is 7. The van der Waals surface area contributed by atoms with E-state index in [2.05, 4.69) is 20.6 Å². The van der Waals surface area contributed by atoms with Gasteiger partial charge in [-0.25, -0.2) is 0 Å². The first-order valence-corrected chi connectivity index (χ1v) is 8.89. The number of hydrogen-bond acceptors (Lipinski definition) is 4. The number of alkyl halides is 3. The van der Waals surface area contributed by atoms with Gasteiger partial charge < -0.3 is 5.32 Å². The number of carbonyl (C=O) groups is 1. The average molecular weight is 400 g/mol. The number of aromatic nitrogens is 2. The van der Waals surface area contributed by atoms with Crippen LogP contribution in [0.1, 0.15) is 28.3 Å². The third kappa shape index (κ3) is 5.86. The van der Waals surface area contributed by atoms with Crippen molar-refractivity contribution in [2.45, 2.75) is 25.3 Å². The minimum Gasteiger partial charge on any atom is -0.350 e. The van der Waals surface area contributed by atoms with Crippen LogP contribution in [0.25, 0.3) is 0 Å². The van der Waals surface area contributed by atoms with Gasteiger partial charge in [-0.3, -0.25) is 20.1 Å². The molecule has 3 rings (SSSR count). The molecule has 0 saturated heterocycles. The predicted octanol–water partition coefficient (Wildman–Crippen LogP) is 3.64. The van der Waals surface area contributed by atoms with Gasteiger partial charge in [0.05, 0.1) is 5.56 Å². The van der Waals surface area contributed by atoms with Gasteiger partial charge in [-0.2, -0.15) is 13.2 Å². The normalized spacial score (nSPS) is 12.4. The second kappa shape index (κ2) is 9.29. The summed E-state index contributed by atoms with van der Waals surface area (Å²) in [4.78, 5) is 20.7. The van der Waals surface area contributed by atoms with Gasteiger partial charge in [-0.1, -0.05) is 12.1 Å². The van der Waals surface area contributed by atoms with E-state index in [9.17, 15) is 18.0 Å². The van der Waals surface area contributed by atoms with E-state index in [0.717, 1.165) is 23.3 Å². The largest absolute Gasteiger partial charge is 0.416 e. The van der Waals surface area contributed by atoms with Crippen molar-refractivity contribution in [2.75, 3.05) is 0 Å². The van der Waals surface area contributed by atoms with Crippen LogP contribution in [0.4, 0.5) is 13.2 Å². The maximum absolute atomic E-state index is 12.9. The van der Waals surface area contributed by atoms with Crippen LogP contribution < -0.4 is 10.6 Å². The molecule has 150 valence electrons. The van der Waals surface area contributed by atoms with E-state index in [-0.39, 0.29) is 12.5 Å². The standard InChI is InChI=1S/C21H19F3N4O/c22-21(23,24)18-3-1-17(2-4-18)19(27-13-15-5-9-25-10-6-15)20(29)28-14-16-7-11-26-12-8-16/h1-12,19,27H,13-14H2,(H,28,29). The second-order valence-corrected chi connectivity index (χ2v) is 6.36. The molecule has 1 amide bonds. The third-order valence-corrected chi connectivity index (χ3v) is 4.31. The number of amides is 1. The van der Waals surface area contributed by atoms with Crippen molar-refractivity contribution < 1.29 is 18.0 Å². The van der Waals surface area contributed by atoms with Crippen LogP contribution >= 0.6 is 0 Å². The first-order chi connectivity index (χ1) is 13.9. The number of pyridine rings is 2. The fraction of sp³-hybridized carbons (Fsp3) is 0.190. The molecule has 5 nitrogen and oxygen atoms in total. The Balaban J connectivity index is 1.75. The Kier molecular flexibility index (Phi) is 6.56. The number of hydrogen-bond donors (Lipinski definition) is 2. The van der Waals surface area contributed by atoms with E-state index in [0.29, 0.717) is 12.1 Å². The van der Waals surface area contributed by atoms with Crippen LogP contribution in [0, 0.1) is 0 Å². The number of benzene rings is 1. The average Bonchev–Trinajstić information content (AvgIpc) is 2.73. The molecule has 2 aromatic heterocycles. The third-order valence-electron chi connectivity index (χ3n) is 4.31. The van der Waals surface area contributed by atoms with Gasteiger partial charge in [-0.15, -0.1) is 0 Å². The van der Waals surface area contributed by atoms with Gasteiger partial charge in [0.1, 0.15) is 6.04 Å². The lowest BCUT2D eigenvalue weighted by molar-refractivity contribution is -0.137. The maximum Gasteiger partial charge on any atom is 0.416 e. The Morgan fingerprint density at radius 3 is 1.86 bits per heavy atom. The van der Waals surface area contributed by atoms with Crippen LogP contribution in [-0.2, 0) is 24.1 Å². The summed E-state index contributed by atoms with van der Waals surface area (Å²) in [5.41, 5.74) is 1.46. The Bertz CT molecular complexity index is 916. The molecule has 0 bridgehead atoms. The highest BCUT2D eigenvalue weighted by molar-refractivity contribution is 5.83. The predicted molar refractivity (Wildman–Crippen MR) is 101 cm³/mol. The van der Waals surface area contributed by atoms with Crippen LogP contribution in [0.3, 0.4) is 0 Å². The van der Waals surface area contributed by atoms with Gasteiger partial charge in [0.25, 0.3) is 0 Å². The molecule has 0 aliphatic carbocycles. The molecular weight excluding hydrogens is 381 g/mol. The smallest absolute Gasteiger partial charge is 0.350 e. The fourth-order valence-corrected chi connectivity index (χ4v) is 2.74. The van der Waals surface area contributed by atoms with E-state index in [4.69, 9.17) is 0 Å². The number of carbonyl (C=O) groups excluding carboxylic acids is 1. The molecular formula is C21H19F3N4O. The quantitative estimate of drug-likeness (QED) is 0.636. The Morgan fingerprint density at radius 1 is 0.828 bits per heavy atom. The first-order valence-electron chi connectivity index (χ1n) is 8.89. The zero-order valence-electron chi connectivity index (χ0n) is 15.4. The number of nitrogens with one attached hydrogen (secondary N) is 2. The summed E-state index contributed by atoms with van der Waals surface area (Å²) in [6.07, 6.45) is 2.08. The van der Waals surface area contributed by atoms with Gasteiger partial charge in [0, 0.05) is 37.9 Å². The van der Waals surface area contributed by atoms with Crippen molar-refractivity contribution >= 4 is 5.91 Å². The van der Waals surface area contributed by atoms with E-state index in [1.807, 2.05) is 0 Å². The monoisotopic (exact) mass is 400 g/mol.